The van der Waals surface area contributed by atoms with Crippen molar-refractivity contribution < 1.29 is 26.4 Å². The maximum absolute atomic E-state index is 13.1. The fourth-order valence-corrected chi connectivity index (χ4v) is 4.15. The van der Waals surface area contributed by atoms with E-state index in [1.807, 2.05) is 6.07 Å². The van der Waals surface area contributed by atoms with Gasteiger partial charge in [-0.3, -0.25) is 4.79 Å². The van der Waals surface area contributed by atoms with Crippen LogP contribution in [0.25, 0.3) is 0 Å². The molecule has 0 aliphatic heterocycles. The Bertz CT molecular complexity index is 1080. The molecule has 0 fully saturated rings. The molecule has 166 valence electrons. The molecule has 0 aromatic heterocycles. The minimum absolute atomic E-state index is 0.170. The zero-order valence-corrected chi connectivity index (χ0v) is 18.0. The standard InChI is InChI=1S/C21H22F3N3O3S/c1-15(2)26(3)31(29,30)19-6-4-5-18(11-19)20(28)27(14-21(22,23)24)13-17-9-7-16(12-25)8-10-17/h4-11,15H,13-14H2,1-3H3. The van der Waals surface area contributed by atoms with Gasteiger partial charge in [0.25, 0.3) is 5.91 Å². The average molecular weight is 453 g/mol. The van der Waals surface area contributed by atoms with Gasteiger partial charge in [0, 0.05) is 25.2 Å². The highest BCUT2D eigenvalue weighted by atomic mass is 32.2. The van der Waals surface area contributed by atoms with Gasteiger partial charge in [-0.1, -0.05) is 18.2 Å². The maximum atomic E-state index is 13.1. The first-order valence-electron chi connectivity index (χ1n) is 9.28. The zero-order chi connectivity index (χ0) is 23.4. The molecule has 0 atom stereocenters. The lowest BCUT2D eigenvalue weighted by Crippen LogP contribution is -2.38. The Morgan fingerprint density at radius 2 is 1.74 bits per heavy atom. The minimum Gasteiger partial charge on any atom is -0.325 e. The first-order chi connectivity index (χ1) is 14.3. The van der Waals surface area contributed by atoms with Crippen LogP contribution in [0.2, 0.25) is 0 Å². The molecule has 0 bridgehead atoms. The summed E-state index contributed by atoms with van der Waals surface area (Å²) in [5, 5.41) is 8.85. The van der Waals surface area contributed by atoms with Crippen LogP contribution in [0.5, 0.6) is 0 Å². The molecule has 0 aliphatic carbocycles. The highest BCUT2D eigenvalue weighted by molar-refractivity contribution is 7.89. The van der Waals surface area contributed by atoms with Crippen molar-refractivity contribution in [3.63, 3.8) is 0 Å². The van der Waals surface area contributed by atoms with Crippen molar-refractivity contribution in [2.24, 2.45) is 0 Å². The summed E-state index contributed by atoms with van der Waals surface area (Å²) in [7, 11) is -2.53. The van der Waals surface area contributed by atoms with E-state index >= 15 is 0 Å². The van der Waals surface area contributed by atoms with Gasteiger partial charge in [-0.2, -0.15) is 22.7 Å². The Balaban J connectivity index is 2.39. The van der Waals surface area contributed by atoms with Gasteiger partial charge in [-0.05, 0) is 49.7 Å². The molecule has 0 saturated heterocycles. The van der Waals surface area contributed by atoms with Gasteiger partial charge in [0.15, 0.2) is 0 Å². The van der Waals surface area contributed by atoms with E-state index < -0.39 is 28.7 Å². The number of nitrogens with zero attached hydrogens (tertiary/aromatic N) is 3. The fraction of sp³-hybridized carbons (Fsp3) is 0.333. The van der Waals surface area contributed by atoms with E-state index in [4.69, 9.17) is 5.26 Å². The third-order valence-electron chi connectivity index (χ3n) is 4.60. The van der Waals surface area contributed by atoms with Gasteiger partial charge in [0.2, 0.25) is 10.0 Å². The first kappa shape index (κ1) is 24.4. The van der Waals surface area contributed by atoms with Crippen LogP contribution in [0.3, 0.4) is 0 Å². The summed E-state index contributed by atoms with van der Waals surface area (Å²) >= 11 is 0. The van der Waals surface area contributed by atoms with Gasteiger partial charge in [-0.25, -0.2) is 8.42 Å². The van der Waals surface area contributed by atoms with Crippen molar-refractivity contribution in [3.05, 3.63) is 65.2 Å². The summed E-state index contributed by atoms with van der Waals surface area (Å²) < 4.78 is 65.9. The molecule has 0 spiro atoms. The molecule has 1 amide bonds. The number of halogens is 3. The van der Waals surface area contributed by atoms with E-state index in [-0.39, 0.29) is 23.0 Å². The first-order valence-corrected chi connectivity index (χ1v) is 10.7. The van der Waals surface area contributed by atoms with Crippen molar-refractivity contribution in [2.75, 3.05) is 13.6 Å². The highest BCUT2D eigenvalue weighted by Gasteiger charge is 2.34. The average Bonchev–Trinajstić information content (AvgIpc) is 2.71. The van der Waals surface area contributed by atoms with E-state index in [0.29, 0.717) is 16.0 Å². The van der Waals surface area contributed by atoms with Crippen LogP contribution in [-0.2, 0) is 16.6 Å². The Morgan fingerprint density at radius 1 is 1.13 bits per heavy atom. The summed E-state index contributed by atoms with van der Waals surface area (Å²) in [6, 6.07) is 12.4. The number of alkyl halides is 3. The molecule has 31 heavy (non-hydrogen) atoms. The topological polar surface area (TPSA) is 81.5 Å². The Kier molecular flexibility index (Phi) is 7.46. The third-order valence-corrected chi connectivity index (χ3v) is 6.63. The SMILES string of the molecule is CC(C)N(C)S(=O)(=O)c1cccc(C(=O)N(Cc2ccc(C#N)cc2)CC(F)(F)F)c1. The Labute approximate surface area is 179 Å². The highest BCUT2D eigenvalue weighted by Crippen LogP contribution is 2.23. The maximum Gasteiger partial charge on any atom is 0.406 e. The van der Waals surface area contributed by atoms with Crippen LogP contribution < -0.4 is 0 Å². The van der Waals surface area contributed by atoms with Crippen molar-refractivity contribution in [1.29, 1.82) is 5.26 Å². The predicted molar refractivity (Wildman–Crippen MR) is 108 cm³/mol. The lowest BCUT2D eigenvalue weighted by Gasteiger charge is -2.25. The van der Waals surface area contributed by atoms with Gasteiger partial charge < -0.3 is 4.90 Å². The quantitative estimate of drug-likeness (QED) is 0.639. The molecule has 0 unspecified atom stereocenters. The van der Waals surface area contributed by atoms with Crippen molar-refractivity contribution in [2.45, 2.75) is 37.5 Å². The van der Waals surface area contributed by atoms with Gasteiger partial charge in [0.05, 0.1) is 16.5 Å². The number of hydrogen-bond acceptors (Lipinski definition) is 4. The number of carbonyl (C=O) groups is 1. The molecule has 0 N–H and O–H groups in total. The molecule has 0 heterocycles. The van der Waals surface area contributed by atoms with Crippen LogP contribution in [0.1, 0.15) is 35.3 Å². The largest absolute Gasteiger partial charge is 0.406 e. The Morgan fingerprint density at radius 3 is 2.26 bits per heavy atom. The van der Waals surface area contributed by atoms with E-state index in [9.17, 15) is 26.4 Å². The monoisotopic (exact) mass is 453 g/mol. The smallest absolute Gasteiger partial charge is 0.325 e. The van der Waals surface area contributed by atoms with Crippen LogP contribution in [0.15, 0.2) is 53.4 Å². The molecule has 2 aromatic carbocycles. The second kappa shape index (κ2) is 9.49. The molecule has 6 nitrogen and oxygen atoms in total. The normalized spacial score (nSPS) is 12.1. The zero-order valence-electron chi connectivity index (χ0n) is 17.2. The third kappa shape index (κ3) is 6.29. The number of amides is 1. The lowest BCUT2D eigenvalue weighted by molar-refractivity contribution is -0.141. The number of carbonyl (C=O) groups excluding carboxylic acids is 1. The van der Waals surface area contributed by atoms with Crippen molar-refractivity contribution >= 4 is 15.9 Å². The summed E-state index contributed by atoms with van der Waals surface area (Å²) in [6.07, 6.45) is -4.65. The van der Waals surface area contributed by atoms with Gasteiger partial charge in [-0.15, -0.1) is 0 Å². The summed E-state index contributed by atoms with van der Waals surface area (Å²) in [4.78, 5) is 13.3. The molecule has 0 radical (unpaired) electrons. The second-order valence-corrected chi connectivity index (χ2v) is 9.23. The van der Waals surface area contributed by atoms with Crippen LogP contribution in [0, 0.1) is 11.3 Å². The lowest BCUT2D eigenvalue weighted by atomic mass is 10.1. The molecule has 10 heteroatoms. The second-order valence-electron chi connectivity index (χ2n) is 7.23. The molecule has 0 aliphatic rings. The number of nitriles is 1. The number of rotatable bonds is 7. The number of hydrogen-bond donors (Lipinski definition) is 0. The van der Waals surface area contributed by atoms with E-state index in [2.05, 4.69) is 0 Å². The van der Waals surface area contributed by atoms with Gasteiger partial charge >= 0.3 is 6.18 Å². The van der Waals surface area contributed by atoms with E-state index in [0.717, 1.165) is 10.4 Å². The predicted octanol–water partition coefficient (Wildman–Crippen LogP) is 3.79. The summed E-state index contributed by atoms with van der Waals surface area (Å²) in [5.41, 5.74) is 0.570. The van der Waals surface area contributed by atoms with Gasteiger partial charge in [0.1, 0.15) is 6.54 Å². The van der Waals surface area contributed by atoms with Crippen molar-refractivity contribution in [3.8, 4) is 6.07 Å². The fourth-order valence-electron chi connectivity index (χ4n) is 2.74. The van der Waals surface area contributed by atoms with E-state index in [1.54, 1.807) is 13.8 Å². The number of benzene rings is 2. The summed E-state index contributed by atoms with van der Waals surface area (Å²) in [6.45, 7) is 1.49. The Hall–Kier alpha value is -2.90. The molecular weight excluding hydrogens is 431 g/mol. The van der Waals surface area contributed by atoms with Crippen LogP contribution >= 0.6 is 0 Å². The number of sulfonamides is 1. The van der Waals surface area contributed by atoms with Crippen LogP contribution in [-0.4, -0.2) is 49.3 Å². The molecule has 0 saturated carbocycles. The van der Waals surface area contributed by atoms with Crippen LogP contribution in [0.4, 0.5) is 13.2 Å². The molecule has 2 rings (SSSR count). The molecular formula is C21H22F3N3O3S. The van der Waals surface area contributed by atoms with E-state index in [1.165, 1.54) is 49.5 Å². The van der Waals surface area contributed by atoms with Crippen molar-refractivity contribution in [1.82, 2.24) is 9.21 Å². The summed E-state index contributed by atoms with van der Waals surface area (Å²) in [5.74, 6) is -0.953. The molecule has 2 aromatic rings. The minimum atomic E-state index is -4.65.